The first kappa shape index (κ1) is 24.2. The second-order valence-corrected chi connectivity index (χ2v) is 8.69. The van der Waals surface area contributed by atoms with Crippen LogP contribution < -0.4 is 21.1 Å². The molecule has 0 radical (unpaired) electrons. The second kappa shape index (κ2) is 8.67. The molecule has 1 aliphatic heterocycles. The number of nitrogens with zero attached hydrogens (tertiary/aromatic N) is 3. The molecule has 2 aliphatic rings. The van der Waals surface area contributed by atoms with E-state index in [2.05, 4.69) is 25.9 Å². The molecule has 1 spiro atoms. The van der Waals surface area contributed by atoms with Gasteiger partial charge in [-0.1, -0.05) is 6.42 Å². The zero-order valence-corrected chi connectivity index (χ0v) is 19.0. The molecule has 4 N–H and O–H groups in total. The van der Waals surface area contributed by atoms with E-state index in [0.29, 0.717) is 12.8 Å². The molecule has 34 heavy (non-hydrogen) atoms. The zero-order valence-electron chi connectivity index (χ0n) is 17.4. The Labute approximate surface area is 198 Å². The van der Waals surface area contributed by atoms with Gasteiger partial charge in [0.25, 0.3) is 0 Å². The summed E-state index contributed by atoms with van der Waals surface area (Å²) in [7, 11) is 0. The molecule has 6 nitrogen and oxygen atoms in total. The lowest BCUT2D eigenvalue weighted by Crippen LogP contribution is -2.58. The molecule has 1 fully saturated rings. The predicted molar refractivity (Wildman–Crippen MR) is 117 cm³/mol. The molecule has 0 saturated heterocycles. The standard InChI is InChI=1S/C21H18BrF6N5O/c22-15-11(23)4-5-14(33-19(30)31-18(29)32-20(33)6-2-1-3-7-20)17(15)34-16-12(24)8-10(9-13(16)25)21(26,27)28/h4-5,8-9H,1-3,6-7H2,(H4,29,30,31,32). The van der Waals surface area contributed by atoms with Gasteiger partial charge >= 0.3 is 6.18 Å². The molecule has 13 heteroatoms. The molecule has 1 saturated carbocycles. The lowest BCUT2D eigenvalue weighted by molar-refractivity contribution is -0.138. The number of benzene rings is 2. The Kier molecular flexibility index (Phi) is 6.17. The van der Waals surface area contributed by atoms with Crippen LogP contribution in [0.4, 0.5) is 32.0 Å². The summed E-state index contributed by atoms with van der Waals surface area (Å²) in [5, 5.41) is 0. The van der Waals surface area contributed by atoms with E-state index in [1.54, 1.807) is 0 Å². The summed E-state index contributed by atoms with van der Waals surface area (Å²) in [6, 6.07) is 2.51. The Bertz CT molecular complexity index is 1170. The quantitative estimate of drug-likeness (QED) is 0.474. The van der Waals surface area contributed by atoms with E-state index in [1.807, 2.05) is 0 Å². The van der Waals surface area contributed by atoms with Gasteiger partial charge in [0, 0.05) is 0 Å². The van der Waals surface area contributed by atoms with E-state index in [9.17, 15) is 26.3 Å². The van der Waals surface area contributed by atoms with E-state index in [4.69, 9.17) is 16.2 Å². The molecule has 4 rings (SSSR count). The minimum absolute atomic E-state index is 0.0476. The van der Waals surface area contributed by atoms with Crippen LogP contribution in [0.1, 0.15) is 37.7 Å². The van der Waals surface area contributed by atoms with Crippen molar-refractivity contribution >= 4 is 33.5 Å². The molecule has 0 atom stereocenters. The smallest absolute Gasteiger partial charge is 0.416 e. The van der Waals surface area contributed by atoms with Crippen molar-refractivity contribution in [2.75, 3.05) is 4.90 Å². The maximum Gasteiger partial charge on any atom is 0.416 e. The van der Waals surface area contributed by atoms with Gasteiger partial charge in [-0.2, -0.15) is 18.2 Å². The molecule has 1 aliphatic carbocycles. The van der Waals surface area contributed by atoms with Crippen molar-refractivity contribution in [1.82, 2.24) is 0 Å². The van der Waals surface area contributed by atoms with Crippen LogP contribution >= 0.6 is 15.9 Å². The fourth-order valence-electron chi connectivity index (χ4n) is 4.19. The minimum atomic E-state index is -4.98. The number of alkyl halides is 3. The zero-order chi connectivity index (χ0) is 24.8. The molecule has 0 bridgehead atoms. The van der Waals surface area contributed by atoms with Gasteiger partial charge < -0.3 is 16.2 Å². The SMILES string of the molecule is NC1=NC2(CCCCC2)N(c2ccc(F)c(Br)c2Oc2c(F)cc(C(F)(F)F)cc2F)C(N)=N1. The maximum atomic E-state index is 14.5. The first-order valence-electron chi connectivity index (χ1n) is 10.1. The van der Waals surface area contributed by atoms with Crippen LogP contribution in [0.25, 0.3) is 0 Å². The molecule has 182 valence electrons. The highest BCUT2D eigenvalue weighted by Gasteiger charge is 2.44. The summed E-state index contributed by atoms with van der Waals surface area (Å²) >= 11 is 3.00. The average molecular weight is 550 g/mol. The topological polar surface area (TPSA) is 89.2 Å². The fourth-order valence-corrected chi connectivity index (χ4v) is 4.60. The third-order valence-electron chi connectivity index (χ3n) is 5.65. The van der Waals surface area contributed by atoms with Gasteiger partial charge in [-0.3, -0.25) is 4.90 Å². The fraction of sp³-hybridized carbons (Fsp3) is 0.333. The van der Waals surface area contributed by atoms with Crippen molar-refractivity contribution in [2.24, 2.45) is 21.5 Å². The highest BCUT2D eigenvalue weighted by molar-refractivity contribution is 9.10. The molecule has 0 unspecified atom stereocenters. The molecular formula is C21H18BrF6N5O. The summed E-state index contributed by atoms with van der Waals surface area (Å²) in [5.74, 6) is -5.82. The van der Waals surface area contributed by atoms with Crippen LogP contribution in [0, 0.1) is 17.5 Å². The summed E-state index contributed by atoms with van der Waals surface area (Å²) in [6.45, 7) is 0. The lowest BCUT2D eigenvalue weighted by Gasteiger charge is -2.46. The summed E-state index contributed by atoms with van der Waals surface area (Å²) in [4.78, 5) is 9.89. The van der Waals surface area contributed by atoms with Gasteiger partial charge in [-0.15, -0.1) is 0 Å². The monoisotopic (exact) mass is 549 g/mol. The lowest BCUT2D eigenvalue weighted by atomic mass is 9.87. The first-order chi connectivity index (χ1) is 15.9. The number of aliphatic imine (C=N–C) groups is 2. The van der Waals surface area contributed by atoms with Crippen molar-refractivity contribution in [2.45, 2.75) is 43.9 Å². The van der Waals surface area contributed by atoms with Crippen LogP contribution in [-0.2, 0) is 6.18 Å². The Morgan fingerprint density at radius 3 is 2.15 bits per heavy atom. The Hall–Kier alpha value is -2.96. The Morgan fingerprint density at radius 2 is 1.56 bits per heavy atom. The number of nitrogens with two attached hydrogens (primary N) is 2. The second-order valence-electron chi connectivity index (χ2n) is 7.90. The van der Waals surface area contributed by atoms with Crippen LogP contribution in [0.3, 0.4) is 0 Å². The molecule has 2 aromatic carbocycles. The third kappa shape index (κ3) is 4.28. The largest absolute Gasteiger partial charge is 0.448 e. The van der Waals surface area contributed by atoms with Crippen LogP contribution in [0.15, 0.2) is 38.7 Å². The van der Waals surface area contributed by atoms with E-state index in [1.165, 1.54) is 11.0 Å². The summed E-state index contributed by atoms with van der Waals surface area (Å²) < 4.78 is 87.3. The van der Waals surface area contributed by atoms with Gasteiger partial charge in [0.2, 0.25) is 11.9 Å². The summed E-state index contributed by atoms with van der Waals surface area (Å²) in [5.41, 5.74) is 9.52. The average Bonchev–Trinajstić information content (AvgIpc) is 2.74. The predicted octanol–water partition coefficient (Wildman–Crippen LogP) is 5.79. The van der Waals surface area contributed by atoms with Crippen molar-refractivity contribution in [3.63, 3.8) is 0 Å². The number of anilines is 1. The molecule has 2 aromatic rings. The normalized spacial score (nSPS) is 18.0. The Morgan fingerprint density at radius 1 is 0.941 bits per heavy atom. The first-order valence-corrected chi connectivity index (χ1v) is 10.9. The number of hydrogen-bond donors (Lipinski definition) is 2. The molecular weight excluding hydrogens is 532 g/mol. The van der Waals surface area contributed by atoms with Gasteiger partial charge in [0.15, 0.2) is 23.1 Å². The Balaban J connectivity index is 1.86. The van der Waals surface area contributed by atoms with E-state index in [0.717, 1.165) is 25.3 Å². The number of rotatable bonds is 3. The van der Waals surface area contributed by atoms with Gasteiger partial charge in [-0.25, -0.2) is 18.2 Å². The number of guanidine groups is 2. The molecule has 0 amide bonds. The number of halogens is 7. The van der Waals surface area contributed by atoms with Crippen molar-refractivity contribution in [3.05, 3.63) is 51.8 Å². The minimum Gasteiger partial charge on any atom is -0.448 e. The maximum absolute atomic E-state index is 14.5. The van der Waals surface area contributed by atoms with Gasteiger partial charge in [0.1, 0.15) is 11.5 Å². The van der Waals surface area contributed by atoms with Crippen LogP contribution in [0.2, 0.25) is 0 Å². The highest BCUT2D eigenvalue weighted by atomic mass is 79.9. The van der Waals surface area contributed by atoms with Crippen molar-refractivity contribution in [3.8, 4) is 11.5 Å². The van der Waals surface area contributed by atoms with E-state index in [-0.39, 0.29) is 34.2 Å². The van der Waals surface area contributed by atoms with Gasteiger partial charge in [-0.05, 0) is 65.9 Å². The van der Waals surface area contributed by atoms with Gasteiger partial charge in [0.05, 0.1) is 15.7 Å². The molecule has 0 aromatic heterocycles. The van der Waals surface area contributed by atoms with Crippen LogP contribution in [-0.4, -0.2) is 17.6 Å². The molecule has 1 heterocycles. The number of ether oxygens (including phenoxy) is 1. The van der Waals surface area contributed by atoms with Crippen molar-refractivity contribution < 1.29 is 31.1 Å². The summed E-state index contributed by atoms with van der Waals surface area (Å²) in [6.07, 6.45) is -1.51. The van der Waals surface area contributed by atoms with E-state index < -0.39 is 46.4 Å². The van der Waals surface area contributed by atoms with E-state index >= 15 is 0 Å². The number of hydrogen-bond acceptors (Lipinski definition) is 6. The highest BCUT2D eigenvalue weighted by Crippen LogP contribution is 2.47. The van der Waals surface area contributed by atoms with Crippen molar-refractivity contribution in [1.29, 1.82) is 0 Å². The third-order valence-corrected chi connectivity index (χ3v) is 6.39. The van der Waals surface area contributed by atoms with Crippen LogP contribution in [0.5, 0.6) is 11.5 Å².